The van der Waals surface area contributed by atoms with Gasteiger partial charge >= 0.3 is 6.09 Å². The molecule has 52 heavy (non-hydrogen) atoms. The zero-order chi connectivity index (χ0) is 37.7. The Labute approximate surface area is 313 Å². The second-order valence-electron chi connectivity index (χ2n) is 15.0. The van der Waals surface area contributed by atoms with Crippen LogP contribution in [0.5, 0.6) is 0 Å². The first-order valence-corrected chi connectivity index (χ1v) is 18.2. The molecule has 0 radical (unpaired) electrons. The van der Waals surface area contributed by atoms with Crippen molar-refractivity contribution in [2.75, 3.05) is 29.9 Å². The molecule has 2 aliphatic rings. The molecule has 0 saturated carbocycles. The summed E-state index contributed by atoms with van der Waals surface area (Å²) in [6.45, 7) is 14.6. The van der Waals surface area contributed by atoms with Crippen molar-refractivity contribution in [3.63, 3.8) is 0 Å². The number of fused-ring (bicyclic) bond motifs is 6. The van der Waals surface area contributed by atoms with Crippen molar-refractivity contribution in [1.82, 2.24) is 24.6 Å². The SMILES string of the molecule is Cc1ccnc(C(C)C)c1-n1c(=O)c2c(c3cc(F)c(-c4c(C)ccc5[nH]nc(I)c45)c(F)c31)N1C[C@@H](C)N(C(=O)OC(C)(C)C)C[C@@H]1C(=O)N2C. The molecule has 1 N–H and O–H groups in total. The van der Waals surface area contributed by atoms with E-state index in [2.05, 4.69) is 15.2 Å². The number of benzene rings is 2. The summed E-state index contributed by atoms with van der Waals surface area (Å²) in [6, 6.07) is 5.17. The van der Waals surface area contributed by atoms with Crippen molar-refractivity contribution in [3.8, 4) is 16.8 Å². The number of pyridine rings is 2. The molecule has 272 valence electrons. The first kappa shape index (κ1) is 35.8. The van der Waals surface area contributed by atoms with Crippen LogP contribution in [0.2, 0.25) is 0 Å². The highest BCUT2D eigenvalue weighted by Gasteiger charge is 2.47. The fraction of sp³-hybridized carbons (Fsp3) is 0.395. The molecule has 14 heteroatoms. The molecule has 5 aromatic rings. The van der Waals surface area contributed by atoms with Crippen LogP contribution in [0.4, 0.5) is 25.0 Å². The number of ether oxygens (including phenoxy) is 1. The average Bonchev–Trinajstić information content (AvgIpc) is 3.43. The van der Waals surface area contributed by atoms with Gasteiger partial charge in [-0.2, -0.15) is 5.10 Å². The number of rotatable bonds is 3. The lowest BCUT2D eigenvalue weighted by Gasteiger charge is -2.50. The van der Waals surface area contributed by atoms with E-state index in [1.54, 1.807) is 50.9 Å². The van der Waals surface area contributed by atoms with Crippen LogP contribution in [0.1, 0.15) is 64.3 Å². The fourth-order valence-electron chi connectivity index (χ4n) is 7.61. The van der Waals surface area contributed by atoms with Gasteiger partial charge in [-0.1, -0.05) is 19.9 Å². The number of likely N-dealkylation sites (N-methyl/N-ethyl adjacent to an activating group) is 1. The number of amides is 2. The summed E-state index contributed by atoms with van der Waals surface area (Å²) >= 11 is 2.04. The van der Waals surface area contributed by atoms with Gasteiger partial charge in [-0.05, 0) is 99.4 Å². The zero-order valence-corrected chi connectivity index (χ0v) is 32.6. The van der Waals surface area contributed by atoms with E-state index in [1.165, 1.54) is 27.5 Å². The predicted molar refractivity (Wildman–Crippen MR) is 206 cm³/mol. The molecule has 1 fully saturated rings. The van der Waals surface area contributed by atoms with Crippen LogP contribution in [0.3, 0.4) is 0 Å². The summed E-state index contributed by atoms with van der Waals surface area (Å²) in [5.74, 6) is -2.38. The number of hydrogen-bond donors (Lipinski definition) is 1. The number of H-pyrrole nitrogens is 1. The number of nitrogens with one attached hydrogen (secondary N) is 1. The maximum atomic E-state index is 17.9. The first-order valence-electron chi connectivity index (χ1n) is 17.2. The Morgan fingerprint density at radius 2 is 1.75 bits per heavy atom. The van der Waals surface area contributed by atoms with E-state index in [4.69, 9.17) is 4.74 Å². The fourth-order valence-corrected chi connectivity index (χ4v) is 8.29. The van der Waals surface area contributed by atoms with Crippen molar-refractivity contribution >= 4 is 67.8 Å². The van der Waals surface area contributed by atoms with Gasteiger partial charge in [-0.3, -0.25) is 24.2 Å². The molecule has 0 spiro atoms. The van der Waals surface area contributed by atoms with Gasteiger partial charge < -0.3 is 19.4 Å². The van der Waals surface area contributed by atoms with Gasteiger partial charge in [-0.15, -0.1) is 0 Å². The van der Waals surface area contributed by atoms with Gasteiger partial charge in [0, 0.05) is 42.2 Å². The monoisotopic (exact) mass is 823 g/mol. The topological polar surface area (TPSA) is 117 Å². The van der Waals surface area contributed by atoms with Gasteiger partial charge in [0.2, 0.25) is 0 Å². The molecule has 7 rings (SSSR count). The van der Waals surface area contributed by atoms with Gasteiger partial charge in [-0.25, -0.2) is 13.6 Å². The standard InChI is InChI=1S/C38H40F2IN7O4/c1-17(2)29-30(19(4)12-13-42-29)48-31-21(14-22(39)26(28(31)40)25-18(3)10-11-23-27(25)34(41)44-43-23)32-33(36(48)50)45(9)35(49)24-16-46(20(5)15-47(24)32)37(51)52-38(6,7)8/h10-14,17,20,24H,15-16H2,1-9H3,(H,43,44)/t20-,24-/m1/s1. The number of nitrogens with zero attached hydrogens (tertiary/aromatic N) is 6. The first-order chi connectivity index (χ1) is 24.4. The number of carbonyl (C=O) groups excluding carboxylic acids is 2. The summed E-state index contributed by atoms with van der Waals surface area (Å²) in [5.41, 5.74) is 1.46. The number of aryl methyl sites for hydroxylation is 2. The Balaban J connectivity index is 1.59. The van der Waals surface area contributed by atoms with Crippen LogP contribution < -0.4 is 15.4 Å². The number of carbonyl (C=O) groups is 2. The zero-order valence-electron chi connectivity index (χ0n) is 30.5. The largest absolute Gasteiger partial charge is 0.444 e. The third kappa shape index (κ3) is 5.43. The van der Waals surface area contributed by atoms with Crippen LogP contribution in [-0.2, 0) is 9.53 Å². The van der Waals surface area contributed by atoms with Gasteiger partial charge in [0.05, 0.1) is 40.2 Å². The Morgan fingerprint density at radius 1 is 1.04 bits per heavy atom. The highest BCUT2D eigenvalue weighted by Crippen LogP contribution is 2.46. The van der Waals surface area contributed by atoms with Crippen molar-refractivity contribution in [1.29, 1.82) is 0 Å². The predicted octanol–water partition coefficient (Wildman–Crippen LogP) is 7.34. The van der Waals surface area contributed by atoms with Crippen molar-refractivity contribution in [3.05, 3.63) is 73.0 Å². The molecule has 3 aromatic heterocycles. The highest BCUT2D eigenvalue weighted by molar-refractivity contribution is 14.1. The molecule has 0 unspecified atom stereocenters. The number of piperazine rings is 1. The number of hydrogen-bond acceptors (Lipinski definition) is 7. The maximum Gasteiger partial charge on any atom is 0.410 e. The van der Waals surface area contributed by atoms with Crippen molar-refractivity contribution < 1.29 is 23.1 Å². The molecule has 0 aliphatic carbocycles. The second-order valence-corrected chi connectivity index (χ2v) is 16.1. The molecule has 2 amide bonds. The third-order valence-electron chi connectivity index (χ3n) is 9.98. The third-order valence-corrected chi connectivity index (χ3v) is 10.8. The van der Waals surface area contributed by atoms with Crippen LogP contribution in [0.25, 0.3) is 38.6 Å². The van der Waals surface area contributed by atoms with Gasteiger partial charge in [0.1, 0.15) is 26.8 Å². The number of halogens is 3. The molecule has 2 aromatic carbocycles. The minimum atomic E-state index is -0.944. The summed E-state index contributed by atoms with van der Waals surface area (Å²) < 4.78 is 42.3. The molecule has 1 saturated heterocycles. The van der Waals surface area contributed by atoms with E-state index in [1.807, 2.05) is 56.4 Å². The number of aromatic nitrogens is 4. The van der Waals surface area contributed by atoms with Crippen molar-refractivity contribution in [2.45, 2.75) is 79.0 Å². The lowest BCUT2D eigenvalue weighted by molar-refractivity contribution is -0.121. The minimum absolute atomic E-state index is 0.0150. The van der Waals surface area contributed by atoms with Crippen molar-refractivity contribution in [2.24, 2.45) is 0 Å². The maximum absolute atomic E-state index is 17.9. The molecule has 5 heterocycles. The van der Waals surface area contributed by atoms with E-state index < -0.39 is 46.9 Å². The smallest absolute Gasteiger partial charge is 0.410 e. The molecule has 2 atom stereocenters. The lowest BCUT2D eigenvalue weighted by Crippen LogP contribution is -2.66. The highest BCUT2D eigenvalue weighted by atomic mass is 127. The second kappa shape index (κ2) is 12.5. The Hall–Kier alpha value is -4.60. The summed E-state index contributed by atoms with van der Waals surface area (Å²) in [7, 11) is 1.48. The molecular formula is C38H40F2IN7O4. The average molecular weight is 824 g/mol. The van der Waals surface area contributed by atoms with Crippen LogP contribution in [-0.4, -0.2) is 74.5 Å². The Kier molecular flexibility index (Phi) is 8.62. The Morgan fingerprint density at radius 3 is 2.42 bits per heavy atom. The quantitative estimate of drug-likeness (QED) is 0.189. The minimum Gasteiger partial charge on any atom is -0.444 e. The summed E-state index contributed by atoms with van der Waals surface area (Å²) in [6.07, 6.45) is 1.06. The molecule has 2 aliphatic heterocycles. The van der Waals surface area contributed by atoms with Crippen LogP contribution in [0.15, 0.2) is 35.3 Å². The summed E-state index contributed by atoms with van der Waals surface area (Å²) in [4.78, 5) is 51.7. The molecule has 11 nitrogen and oxygen atoms in total. The number of aromatic amines is 1. The normalized spacial score (nSPS) is 17.7. The van der Waals surface area contributed by atoms with Gasteiger partial charge in [0.15, 0.2) is 5.82 Å². The molecule has 0 bridgehead atoms. The van der Waals surface area contributed by atoms with Gasteiger partial charge in [0.25, 0.3) is 11.5 Å². The number of anilines is 2. The van der Waals surface area contributed by atoms with Crippen LogP contribution >= 0.6 is 22.6 Å². The van der Waals surface area contributed by atoms with E-state index >= 15 is 13.6 Å². The lowest BCUT2D eigenvalue weighted by atomic mass is 9.92. The van der Waals surface area contributed by atoms with E-state index in [9.17, 15) is 9.59 Å². The Bertz CT molecular complexity index is 2400. The summed E-state index contributed by atoms with van der Waals surface area (Å²) in [5, 5.41) is 7.91. The van der Waals surface area contributed by atoms with E-state index in [0.717, 1.165) is 0 Å². The van der Waals surface area contributed by atoms with E-state index in [0.29, 0.717) is 42.7 Å². The van der Waals surface area contributed by atoms with Crippen LogP contribution in [0, 0.1) is 29.2 Å². The molecular weight excluding hydrogens is 783 g/mol. The van der Waals surface area contributed by atoms with E-state index in [-0.39, 0.29) is 46.8 Å².